The van der Waals surface area contributed by atoms with E-state index in [4.69, 9.17) is 5.73 Å². The summed E-state index contributed by atoms with van der Waals surface area (Å²) in [6.07, 6.45) is 9.32. The number of hydrogen-bond donors (Lipinski definition) is 3. The highest BCUT2D eigenvalue weighted by Crippen LogP contribution is 2.18. The summed E-state index contributed by atoms with van der Waals surface area (Å²) in [6.45, 7) is 4.23. The highest BCUT2D eigenvalue weighted by atomic mass is 16.4. The van der Waals surface area contributed by atoms with Crippen LogP contribution in [-0.4, -0.2) is 53.0 Å². The summed E-state index contributed by atoms with van der Waals surface area (Å²) in [5.41, 5.74) is 5.38. The van der Waals surface area contributed by atoms with E-state index < -0.39 is 24.0 Å². The number of hydrogen-bond acceptors (Lipinski definition) is 4. The molecule has 1 heterocycles. The van der Waals surface area contributed by atoms with Gasteiger partial charge in [-0.3, -0.25) is 9.59 Å². The first-order valence-electron chi connectivity index (χ1n) is 9.11. The van der Waals surface area contributed by atoms with E-state index in [2.05, 4.69) is 12.2 Å². The predicted molar refractivity (Wildman–Crippen MR) is 95.8 cm³/mol. The van der Waals surface area contributed by atoms with Gasteiger partial charge in [0.2, 0.25) is 11.8 Å². The molecule has 3 unspecified atom stereocenters. The molecular weight excluding hydrogens is 322 g/mol. The summed E-state index contributed by atoms with van der Waals surface area (Å²) < 4.78 is 0. The standard InChI is InChI=1S/C18H31N3O4/c1-3-4-5-6-7-9-13(2)16(18(24)25)20-17(23)14-10-8-11-21(14)15(22)12-19/h7,9,13-14,16H,3-6,8,10-12,19H2,1-2H3,(H,20,23)(H,24,25)/b9-7-. The Kier molecular flexibility index (Phi) is 9.20. The van der Waals surface area contributed by atoms with E-state index >= 15 is 0 Å². The molecule has 0 aromatic carbocycles. The topological polar surface area (TPSA) is 113 Å². The molecule has 1 aliphatic rings. The first kappa shape index (κ1) is 21.2. The quantitative estimate of drug-likeness (QED) is 0.404. The number of carboxylic acids is 1. The molecule has 2 amide bonds. The lowest BCUT2D eigenvalue weighted by atomic mass is 10.00. The van der Waals surface area contributed by atoms with Crippen molar-refractivity contribution in [2.45, 2.75) is 64.5 Å². The van der Waals surface area contributed by atoms with Crippen molar-refractivity contribution in [3.05, 3.63) is 12.2 Å². The van der Waals surface area contributed by atoms with Crippen molar-refractivity contribution in [1.29, 1.82) is 0 Å². The van der Waals surface area contributed by atoms with E-state index in [1.807, 2.05) is 12.2 Å². The second kappa shape index (κ2) is 10.9. The number of nitrogens with two attached hydrogens (primary N) is 1. The Morgan fingerprint density at radius 3 is 2.68 bits per heavy atom. The molecule has 0 saturated carbocycles. The van der Waals surface area contributed by atoms with Crippen LogP contribution < -0.4 is 11.1 Å². The molecule has 1 aliphatic heterocycles. The van der Waals surface area contributed by atoms with Gasteiger partial charge in [-0.05, 0) is 25.7 Å². The van der Waals surface area contributed by atoms with Crippen molar-refractivity contribution in [2.75, 3.05) is 13.1 Å². The van der Waals surface area contributed by atoms with Gasteiger partial charge in [0, 0.05) is 12.5 Å². The molecule has 1 saturated heterocycles. The van der Waals surface area contributed by atoms with Crippen LogP contribution in [0, 0.1) is 5.92 Å². The van der Waals surface area contributed by atoms with E-state index in [-0.39, 0.29) is 18.4 Å². The van der Waals surface area contributed by atoms with Crippen LogP contribution in [0.5, 0.6) is 0 Å². The van der Waals surface area contributed by atoms with Crippen LogP contribution in [0.15, 0.2) is 12.2 Å². The maximum atomic E-state index is 12.5. The lowest BCUT2D eigenvalue weighted by molar-refractivity contribution is -0.144. The summed E-state index contributed by atoms with van der Waals surface area (Å²) in [4.78, 5) is 37.3. The number of carbonyl (C=O) groups is 3. The average molecular weight is 353 g/mol. The number of nitrogens with one attached hydrogen (secondary N) is 1. The molecule has 0 spiro atoms. The Morgan fingerprint density at radius 1 is 1.36 bits per heavy atom. The molecule has 0 radical (unpaired) electrons. The van der Waals surface area contributed by atoms with E-state index in [0.29, 0.717) is 19.4 Å². The van der Waals surface area contributed by atoms with Gasteiger partial charge in [0.25, 0.3) is 0 Å². The van der Waals surface area contributed by atoms with E-state index in [1.165, 1.54) is 4.90 Å². The third-order valence-electron chi connectivity index (χ3n) is 4.55. The van der Waals surface area contributed by atoms with Crippen molar-refractivity contribution in [3.63, 3.8) is 0 Å². The molecule has 7 nitrogen and oxygen atoms in total. The van der Waals surface area contributed by atoms with Gasteiger partial charge < -0.3 is 21.1 Å². The Labute approximate surface area is 149 Å². The summed E-state index contributed by atoms with van der Waals surface area (Å²) >= 11 is 0. The molecule has 1 fully saturated rings. The van der Waals surface area contributed by atoms with Crippen molar-refractivity contribution < 1.29 is 19.5 Å². The number of aliphatic carboxylic acids is 1. The maximum absolute atomic E-state index is 12.5. The molecule has 0 bridgehead atoms. The number of carboxylic acid groups (broad SMARTS) is 1. The highest BCUT2D eigenvalue weighted by molar-refractivity contribution is 5.91. The van der Waals surface area contributed by atoms with Crippen LogP contribution >= 0.6 is 0 Å². The van der Waals surface area contributed by atoms with Gasteiger partial charge >= 0.3 is 5.97 Å². The first-order valence-corrected chi connectivity index (χ1v) is 9.11. The Bertz CT molecular complexity index is 493. The highest BCUT2D eigenvalue weighted by Gasteiger charge is 2.36. The minimum absolute atomic E-state index is 0.150. The number of unbranched alkanes of at least 4 members (excludes halogenated alkanes) is 3. The number of amides is 2. The summed E-state index contributed by atoms with van der Waals surface area (Å²) in [5, 5.41) is 12.0. The van der Waals surface area contributed by atoms with Gasteiger partial charge in [-0.25, -0.2) is 4.79 Å². The molecule has 0 aliphatic carbocycles. The monoisotopic (exact) mass is 353 g/mol. The third kappa shape index (κ3) is 6.49. The first-order chi connectivity index (χ1) is 11.9. The van der Waals surface area contributed by atoms with Crippen LogP contribution in [0.3, 0.4) is 0 Å². The van der Waals surface area contributed by atoms with Crippen LogP contribution in [-0.2, 0) is 14.4 Å². The largest absolute Gasteiger partial charge is 0.480 e. The van der Waals surface area contributed by atoms with Gasteiger partial charge in [-0.1, -0.05) is 38.8 Å². The summed E-state index contributed by atoms with van der Waals surface area (Å²) in [7, 11) is 0. The molecule has 4 N–H and O–H groups in total. The second-order valence-corrected chi connectivity index (χ2v) is 6.56. The van der Waals surface area contributed by atoms with Gasteiger partial charge in [0.1, 0.15) is 12.1 Å². The smallest absolute Gasteiger partial charge is 0.326 e. The van der Waals surface area contributed by atoms with Crippen LogP contribution in [0.4, 0.5) is 0 Å². The maximum Gasteiger partial charge on any atom is 0.326 e. The normalized spacial score (nSPS) is 19.8. The zero-order chi connectivity index (χ0) is 18.8. The van der Waals surface area contributed by atoms with Crippen LogP contribution in [0.2, 0.25) is 0 Å². The predicted octanol–water partition coefficient (Wildman–Crippen LogP) is 1.28. The molecule has 1 rings (SSSR count). The third-order valence-corrected chi connectivity index (χ3v) is 4.55. The molecule has 3 atom stereocenters. The lowest BCUT2D eigenvalue weighted by Crippen LogP contribution is -2.53. The fourth-order valence-corrected chi connectivity index (χ4v) is 3.06. The van der Waals surface area contributed by atoms with Gasteiger partial charge in [0.05, 0.1) is 6.54 Å². The summed E-state index contributed by atoms with van der Waals surface area (Å²) in [5.74, 6) is -2.11. The number of allylic oxidation sites excluding steroid dienone is 1. The molecule has 0 aromatic heterocycles. The summed E-state index contributed by atoms with van der Waals surface area (Å²) in [6, 6.07) is -1.64. The number of carbonyl (C=O) groups excluding carboxylic acids is 2. The zero-order valence-electron chi connectivity index (χ0n) is 15.2. The number of likely N-dealkylation sites (tertiary alicyclic amines) is 1. The van der Waals surface area contributed by atoms with Crippen LogP contribution in [0.25, 0.3) is 0 Å². The van der Waals surface area contributed by atoms with E-state index in [9.17, 15) is 19.5 Å². The van der Waals surface area contributed by atoms with Crippen molar-refractivity contribution in [1.82, 2.24) is 10.2 Å². The number of rotatable bonds is 10. The Morgan fingerprint density at radius 2 is 2.08 bits per heavy atom. The SMILES string of the molecule is CCCCC/C=C\C(C)C(NC(=O)C1CCCN1C(=O)CN)C(=O)O. The molecule has 0 aromatic rings. The van der Waals surface area contributed by atoms with Crippen molar-refractivity contribution in [2.24, 2.45) is 11.7 Å². The Balaban J connectivity index is 2.65. The van der Waals surface area contributed by atoms with Gasteiger partial charge in [0.15, 0.2) is 0 Å². The molecule has 142 valence electrons. The van der Waals surface area contributed by atoms with Crippen LogP contribution in [0.1, 0.15) is 52.4 Å². The van der Waals surface area contributed by atoms with E-state index in [1.54, 1.807) is 6.92 Å². The second-order valence-electron chi connectivity index (χ2n) is 6.56. The molecule has 25 heavy (non-hydrogen) atoms. The fraction of sp³-hybridized carbons (Fsp3) is 0.722. The zero-order valence-corrected chi connectivity index (χ0v) is 15.2. The molecular formula is C18H31N3O4. The van der Waals surface area contributed by atoms with Crippen molar-refractivity contribution in [3.8, 4) is 0 Å². The Hall–Kier alpha value is -1.89. The minimum atomic E-state index is -1.08. The number of nitrogens with zero attached hydrogens (tertiary/aromatic N) is 1. The van der Waals surface area contributed by atoms with Gasteiger partial charge in [-0.2, -0.15) is 0 Å². The lowest BCUT2D eigenvalue weighted by Gasteiger charge is -2.26. The average Bonchev–Trinajstić information content (AvgIpc) is 3.07. The fourth-order valence-electron chi connectivity index (χ4n) is 3.06. The van der Waals surface area contributed by atoms with Crippen molar-refractivity contribution >= 4 is 17.8 Å². The van der Waals surface area contributed by atoms with Gasteiger partial charge in [-0.15, -0.1) is 0 Å². The minimum Gasteiger partial charge on any atom is -0.480 e. The molecule has 7 heteroatoms. The van der Waals surface area contributed by atoms with E-state index in [0.717, 1.165) is 25.7 Å².